The fourth-order valence-corrected chi connectivity index (χ4v) is 2.80. The molecule has 1 fully saturated rings. The summed E-state index contributed by atoms with van der Waals surface area (Å²) < 4.78 is 0. The van der Waals surface area contributed by atoms with Crippen molar-refractivity contribution in [1.82, 2.24) is 0 Å². The van der Waals surface area contributed by atoms with Crippen molar-refractivity contribution in [3.8, 4) is 11.1 Å². The zero-order valence-electron chi connectivity index (χ0n) is 12.0. The average Bonchev–Trinajstić information content (AvgIpc) is 2.93. The molecule has 1 heterocycles. The van der Waals surface area contributed by atoms with Gasteiger partial charge in [0.25, 0.3) is 0 Å². The summed E-state index contributed by atoms with van der Waals surface area (Å²) in [6.45, 7) is 2.86. The van der Waals surface area contributed by atoms with Gasteiger partial charge in [0, 0.05) is 24.2 Å². The van der Waals surface area contributed by atoms with Gasteiger partial charge in [0.1, 0.15) is 6.29 Å². The molecule has 0 unspecified atom stereocenters. The van der Waals surface area contributed by atoms with E-state index in [2.05, 4.69) is 6.07 Å². The Kier molecular flexibility index (Phi) is 3.57. The predicted molar refractivity (Wildman–Crippen MR) is 83.6 cm³/mol. The van der Waals surface area contributed by atoms with Gasteiger partial charge in [-0.25, -0.2) is 0 Å². The molecule has 0 N–H and O–H groups in total. The number of hydrogen-bond donors (Lipinski definition) is 0. The average molecular weight is 279 g/mol. The summed E-state index contributed by atoms with van der Waals surface area (Å²) in [4.78, 5) is 24.4. The molecule has 1 saturated heterocycles. The molecule has 2 aromatic rings. The molecule has 0 saturated carbocycles. The SMILES string of the molecule is Cc1cc(N2CCCC2=O)ccc1-c1ccc(C=O)cc1. The zero-order chi connectivity index (χ0) is 14.8. The van der Waals surface area contributed by atoms with Gasteiger partial charge in [-0.3, -0.25) is 9.59 Å². The van der Waals surface area contributed by atoms with Crippen molar-refractivity contribution < 1.29 is 9.59 Å². The second-order valence-electron chi connectivity index (χ2n) is 5.39. The van der Waals surface area contributed by atoms with Crippen molar-refractivity contribution in [3.63, 3.8) is 0 Å². The Morgan fingerprint density at radius 1 is 1.10 bits per heavy atom. The van der Waals surface area contributed by atoms with E-state index < -0.39 is 0 Å². The predicted octanol–water partition coefficient (Wildman–Crippen LogP) is 3.60. The van der Waals surface area contributed by atoms with Crippen LogP contribution in [0.15, 0.2) is 42.5 Å². The van der Waals surface area contributed by atoms with Crippen molar-refractivity contribution >= 4 is 17.9 Å². The van der Waals surface area contributed by atoms with Gasteiger partial charge < -0.3 is 4.90 Å². The standard InChI is InChI=1S/C18H17NO2/c1-13-11-16(19-10-2-3-18(19)21)8-9-17(13)15-6-4-14(12-20)5-7-15/h4-9,11-12H,2-3,10H2,1H3. The normalized spacial score (nSPS) is 14.5. The monoisotopic (exact) mass is 279 g/mol. The molecule has 0 atom stereocenters. The maximum atomic E-state index is 11.8. The van der Waals surface area contributed by atoms with Crippen molar-refractivity contribution in [2.75, 3.05) is 11.4 Å². The van der Waals surface area contributed by atoms with Gasteiger partial charge in [-0.05, 0) is 42.2 Å². The minimum absolute atomic E-state index is 0.206. The fraction of sp³-hybridized carbons (Fsp3) is 0.222. The molecule has 2 aromatic carbocycles. The number of rotatable bonds is 3. The van der Waals surface area contributed by atoms with Crippen LogP contribution in [0.3, 0.4) is 0 Å². The van der Waals surface area contributed by atoms with E-state index in [0.717, 1.165) is 41.6 Å². The first kappa shape index (κ1) is 13.6. The van der Waals surface area contributed by atoms with Crippen LogP contribution in [0.4, 0.5) is 5.69 Å². The molecule has 3 rings (SSSR count). The highest BCUT2D eigenvalue weighted by molar-refractivity contribution is 5.95. The fourth-order valence-electron chi connectivity index (χ4n) is 2.80. The number of hydrogen-bond acceptors (Lipinski definition) is 2. The minimum atomic E-state index is 0.206. The van der Waals surface area contributed by atoms with Crippen molar-refractivity contribution in [2.45, 2.75) is 19.8 Å². The van der Waals surface area contributed by atoms with Crippen LogP contribution < -0.4 is 4.90 Å². The van der Waals surface area contributed by atoms with Crippen molar-refractivity contribution in [1.29, 1.82) is 0 Å². The Hall–Kier alpha value is -2.42. The molecule has 0 spiro atoms. The first-order valence-corrected chi connectivity index (χ1v) is 7.15. The third kappa shape index (κ3) is 2.59. The van der Waals surface area contributed by atoms with Crippen molar-refractivity contribution in [3.05, 3.63) is 53.6 Å². The number of benzene rings is 2. The van der Waals surface area contributed by atoms with E-state index in [0.29, 0.717) is 12.0 Å². The topological polar surface area (TPSA) is 37.4 Å². The van der Waals surface area contributed by atoms with Crippen molar-refractivity contribution in [2.24, 2.45) is 0 Å². The van der Waals surface area contributed by atoms with Gasteiger partial charge in [-0.15, -0.1) is 0 Å². The highest BCUT2D eigenvalue weighted by atomic mass is 16.2. The number of aldehydes is 1. The lowest BCUT2D eigenvalue weighted by Crippen LogP contribution is -2.23. The van der Waals surface area contributed by atoms with E-state index >= 15 is 0 Å². The molecule has 1 aliphatic rings. The maximum Gasteiger partial charge on any atom is 0.227 e. The molecule has 21 heavy (non-hydrogen) atoms. The number of aryl methyl sites for hydroxylation is 1. The third-order valence-electron chi connectivity index (χ3n) is 3.95. The first-order chi connectivity index (χ1) is 10.2. The van der Waals surface area contributed by atoms with Gasteiger partial charge in [0.15, 0.2) is 0 Å². The number of nitrogens with zero attached hydrogens (tertiary/aromatic N) is 1. The maximum absolute atomic E-state index is 11.8. The van der Waals surface area contributed by atoms with E-state index in [1.165, 1.54) is 0 Å². The van der Waals surface area contributed by atoms with Crippen LogP contribution in [0.2, 0.25) is 0 Å². The van der Waals surface area contributed by atoms with E-state index in [9.17, 15) is 9.59 Å². The Balaban J connectivity index is 1.93. The molecule has 0 bridgehead atoms. The smallest absolute Gasteiger partial charge is 0.227 e. The van der Waals surface area contributed by atoms with Crippen LogP contribution in [-0.4, -0.2) is 18.7 Å². The Morgan fingerprint density at radius 2 is 1.86 bits per heavy atom. The van der Waals surface area contributed by atoms with E-state index in [1.54, 1.807) is 0 Å². The highest BCUT2D eigenvalue weighted by Gasteiger charge is 2.21. The second-order valence-corrected chi connectivity index (χ2v) is 5.39. The van der Waals surface area contributed by atoms with Crippen LogP contribution in [-0.2, 0) is 4.79 Å². The highest BCUT2D eigenvalue weighted by Crippen LogP contribution is 2.29. The molecular weight excluding hydrogens is 262 g/mol. The number of amides is 1. The molecular formula is C18H17NO2. The summed E-state index contributed by atoms with van der Waals surface area (Å²) >= 11 is 0. The number of anilines is 1. The lowest BCUT2D eigenvalue weighted by Gasteiger charge is -2.17. The molecule has 3 heteroatoms. The summed E-state index contributed by atoms with van der Waals surface area (Å²) in [5.41, 5.74) is 4.99. The Labute approximate surface area is 124 Å². The summed E-state index contributed by atoms with van der Waals surface area (Å²) in [5.74, 6) is 0.206. The van der Waals surface area contributed by atoms with Gasteiger partial charge in [-0.1, -0.05) is 30.3 Å². The lowest BCUT2D eigenvalue weighted by molar-refractivity contribution is -0.117. The number of carbonyl (C=O) groups is 2. The third-order valence-corrected chi connectivity index (χ3v) is 3.95. The largest absolute Gasteiger partial charge is 0.312 e. The van der Waals surface area contributed by atoms with Crippen LogP contribution in [0.1, 0.15) is 28.8 Å². The lowest BCUT2D eigenvalue weighted by atomic mass is 9.99. The van der Waals surface area contributed by atoms with E-state index in [4.69, 9.17) is 0 Å². The van der Waals surface area contributed by atoms with Crippen LogP contribution in [0.25, 0.3) is 11.1 Å². The molecule has 1 amide bonds. The number of carbonyl (C=O) groups excluding carboxylic acids is 2. The second kappa shape index (κ2) is 5.52. The molecule has 0 aromatic heterocycles. The van der Waals surface area contributed by atoms with E-state index in [-0.39, 0.29) is 5.91 Å². The van der Waals surface area contributed by atoms with Gasteiger partial charge in [0.2, 0.25) is 5.91 Å². The molecule has 0 aliphatic carbocycles. The van der Waals surface area contributed by atoms with Gasteiger partial charge in [-0.2, -0.15) is 0 Å². The zero-order valence-corrected chi connectivity index (χ0v) is 12.0. The quantitative estimate of drug-likeness (QED) is 0.805. The molecule has 1 aliphatic heterocycles. The summed E-state index contributed by atoms with van der Waals surface area (Å²) in [6, 6.07) is 13.6. The molecule has 0 radical (unpaired) electrons. The first-order valence-electron chi connectivity index (χ1n) is 7.15. The molecule has 106 valence electrons. The molecule has 3 nitrogen and oxygen atoms in total. The summed E-state index contributed by atoms with van der Waals surface area (Å²) in [6.07, 6.45) is 2.43. The van der Waals surface area contributed by atoms with Crippen LogP contribution in [0, 0.1) is 6.92 Å². The minimum Gasteiger partial charge on any atom is -0.312 e. The van der Waals surface area contributed by atoms with E-state index in [1.807, 2.05) is 48.2 Å². The van der Waals surface area contributed by atoms with Crippen LogP contribution in [0.5, 0.6) is 0 Å². The van der Waals surface area contributed by atoms with Gasteiger partial charge in [0.05, 0.1) is 0 Å². The summed E-state index contributed by atoms with van der Waals surface area (Å²) in [5, 5.41) is 0. The Morgan fingerprint density at radius 3 is 2.43 bits per heavy atom. The van der Waals surface area contributed by atoms with Crippen LogP contribution >= 0.6 is 0 Å². The Bertz CT molecular complexity index is 689. The summed E-state index contributed by atoms with van der Waals surface area (Å²) in [7, 11) is 0. The van der Waals surface area contributed by atoms with Gasteiger partial charge >= 0.3 is 0 Å².